The molecule has 138 valence electrons. The second-order valence-corrected chi connectivity index (χ2v) is 8.09. The summed E-state index contributed by atoms with van der Waals surface area (Å²) in [6.45, 7) is 6.04. The standard InChI is InChI=1S/C20H20N4O2S/c1-13(2)19-18(20(24-23-19)16-9-10-22-14(3)11-16)8-7-15-5-4-6-17(12-15)27(21,25)26/h4-6,9-13H,1-3H3,(H,23,24)(H2,21,25,26). The molecule has 0 unspecified atom stereocenters. The summed E-state index contributed by atoms with van der Waals surface area (Å²) in [5.41, 5.74) is 4.84. The summed E-state index contributed by atoms with van der Waals surface area (Å²) >= 11 is 0. The van der Waals surface area contributed by atoms with Crippen molar-refractivity contribution in [2.24, 2.45) is 5.14 Å². The Morgan fingerprint density at radius 2 is 1.93 bits per heavy atom. The summed E-state index contributed by atoms with van der Waals surface area (Å²) in [6, 6.07) is 10.1. The minimum absolute atomic E-state index is 0.0376. The smallest absolute Gasteiger partial charge is 0.238 e. The van der Waals surface area contributed by atoms with Gasteiger partial charge in [0.2, 0.25) is 10.0 Å². The Hall–Kier alpha value is -2.95. The summed E-state index contributed by atoms with van der Waals surface area (Å²) in [6.07, 6.45) is 1.74. The molecule has 0 aliphatic rings. The van der Waals surface area contributed by atoms with Crippen molar-refractivity contribution in [1.29, 1.82) is 0 Å². The highest BCUT2D eigenvalue weighted by Crippen LogP contribution is 2.27. The van der Waals surface area contributed by atoms with E-state index in [0.29, 0.717) is 5.56 Å². The van der Waals surface area contributed by atoms with E-state index in [9.17, 15) is 8.42 Å². The molecule has 7 heteroatoms. The molecule has 0 aliphatic heterocycles. The average Bonchev–Trinajstić information content (AvgIpc) is 3.03. The van der Waals surface area contributed by atoms with Crippen molar-refractivity contribution in [3.05, 3.63) is 65.1 Å². The number of nitrogens with one attached hydrogen (secondary N) is 1. The van der Waals surface area contributed by atoms with E-state index in [4.69, 9.17) is 5.14 Å². The number of aromatic amines is 1. The van der Waals surface area contributed by atoms with Gasteiger partial charge in [-0.25, -0.2) is 13.6 Å². The van der Waals surface area contributed by atoms with Crippen LogP contribution >= 0.6 is 0 Å². The molecule has 0 aliphatic carbocycles. The summed E-state index contributed by atoms with van der Waals surface area (Å²) in [7, 11) is -3.77. The van der Waals surface area contributed by atoms with Crippen molar-refractivity contribution < 1.29 is 8.42 Å². The lowest BCUT2D eigenvalue weighted by atomic mass is 10.0. The first-order valence-corrected chi connectivity index (χ1v) is 9.96. The van der Waals surface area contributed by atoms with Crippen LogP contribution in [-0.2, 0) is 10.0 Å². The molecule has 0 saturated heterocycles. The first-order valence-electron chi connectivity index (χ1n) is 8.42. The zero-order valence-electron chi connectivity index (χ0n) is 15.3. The highest BCUT2D eigenvalue weighted by atomic mass is 32.2. The summed E-state index contributed by atoms with van der Waals surface area (Å²) in [5.74, 6) is 6.39. The third kappa shape index (κ3) is 4.25. The van der Waals surface area contributed by atoms with Crippen molar-refractivity contribution in [2.45, 2.75) is 31.6 Å². The second kappa shape index (κ2) is 7.35. The average molecular weight is 380 g/mol. The monoisotopic (exact) mass is 380 g/mol. The van der Waals surface area contributed by atoms with Gasteiger partial charge >= 0.3 is 0 Å². The van der Waals surface area contributed by atoms with Crippen LogP contribution in [0.15, 0.2) is 47.5 Å². The normalized spacial score (nSPS) is 11.3. The van der Waals surface area contributed by atoms with Crippen molar-refractivity contribution in [1.82, 2.24) is 15.2 Å². The fourth-order valence-corrected chi connectivity index (χ4v) is 3.25. The zero-order chi connectivity index (χ0) is 19.6. The molecule has 0 bridgehead atoms. The molecule has 0 radical (unpaired) electrons. The number of rotatable bonds is 3. The lowest BCUT2D eigenvalue weighted by Gasteiger charge is -2.03. The van der Waals surface area contributed by atoms with Crippen molar-refractivity contribution >= 4 is 10.0 Å². The molecule has 6 nitrogen and oxygen atoms in total. The molecule has 2 aromatic heterocycles. The number of benzene rings is 1. The van der Waals surface area contributed by atoms with E-state index >= 15 is 0 Å². The molecular weight excluding hydrogens is 360 g/mol. The van der Waals surface area contributed by atoms with Crippen LogP contribution in [-0.4, -0.2) is 23.6 Å². The van der Waals surface area contributed by atoms with Gasteiger partial charge in [-0.05, 0) is 43.2 Å². The van der Waals surface area contributed by atoms with Gasteiger partial charge in [-0.1, -0.05) is 31.8 Å². The molecule has 3 rings (SSSR count). The van der Waals surface area contributed by atoms with Gasteiger partial charge in [-0.2, -0.15) is 5.10 Å². The van der Waals surface area contributed by atoms with Gasteiger partial charge < -0.3 is 0 Å². The minimum Gasteiger partial charge on any atom is -0.280 e. The Bertz CT molecular complexity index is 1150. The number of hydrogen-bond donors (Lipinski definition) is 2. The molecule has 2 heterocycles. The van der Waals surface area contributed by atoms with Gasteiger partial charge in [-0.15, -0.1) is 0 Å². The number of hydrogen-bond acceptors (Lipinski definition) is 4. The van der Waals surface area contributed by atoms with Crippen LogP contribution < -0.4 is 5.14 Å². The zero-order valence-corrected chi connectivity index (χ0v) is 16.1. The molecule has 0 amide bonds. The van der Waals surface area contributed by atoms with Crippen molar-refractivity contribution in [2.75, 3.05) is 0 Å². The lowest BCUT2D eigenvalue weighted by molar-refractivity contribution is 0.598. The van der Waals surface area contributed by atoms with E-state index in [-0.39, 0.29) is 10.8 Å². The van der Waals surface area contributed by atoms with E-state index in [2.05, 4.69) is 40.9 Å². The molecule has 0 saturated carbocycles. The number of aromatic nitrogens is 3. The third-order valence-corrected chi connectivity index (χ3v) is 4.95. The first-order chi connectivity index (χ1) is 12.8. The van der Waals surface area contributed by atoms with Crippen LogP contribution in [0.4, 0.5) is 0 Å². The SMILES string of the molecule is Cc1cc(-c2n[nH]c(C(C)C)c2C#Cc2cccc(S(N)(=O)=O)c2)ccn1. The Kier molecular flexibility index (Phi) is 5.13. The predicted molar refractivity (Wildman–Crippen MR) is 104 cm³/mol. The number of aryl methyl sites for hydroxylation is 1. The molecule has 27 heavy (non-hydrogen) atoms. The van der Waals surface area contributed by atoms with Crippen LogP contribution in [0.2, 0.25) is 0 Å². The highest BCUT2D eigenvalue weighted by Gasteiger charge is 2.16. The number of nitrogens with zero attached hydrogens (tertiary/aromatic N) is 2. The fourth-order valence-electron chi connectivity index (χ4n) is 2.69. The van der Waals surface area contributed by atoms with Crippen LogP contribution in [0.1, 0.15) is 42.3 Å². The Balaban J connectivity index is 2.11. The number of pyridine rings is 1. The highest BCUT2D eigenvalue weighted by molar-refractivity contribution is 7.89. The van der Waals surface area contributed by atoms with E-state index in [0.717, 1.165) is 28.2 Å². The van der Waals surface area contributed by atoms with Crippen molar-refractivity contribution in [3.8, 4) is 23.1 Å². The summed E-state index contributed by atoms with van der Waals surface area (Å²) < 4.78 is 23.1. The molecule has 3 N–H and O–H groups in total. The molecule has 0 spiro atoms. The van der Waals surface area contributed by atoms with Gasteiger partial charge in [-0.3, -0.25) is 10.1 Å². The molecule has 0 atom stereocenters. The molecule has 3 aromatic rings. The van der Waals surface area contributed by atoms with E-state index < -0.39 is 10.0 Å². The Labute approximate surface area is 158 Å². The summed E-state index contributed by atoms with van der Waals surface area (Å²) in [5, 5.41) is 12.7. The van der Waals surface area contributed by atoms with E-state index in [1.165, 1.54) is 12.1 Å². The fraction of sp³-hybridized carbons (Fsp3) is 0.200. The van der Waals surface area contributed by atoms with Crippen LogP contribution in [0.3, 0.4) is 0 Å². The van der Waals surface area contributed by atoms with E-state index in [1.807, 2.05) is 19.1 Å². The molecule has 1 aromatic carbocycles. The topological polar surface area (TPSA) is 102 Å². The van der Waals surface area contributed by atoms with Crippen LogP contribution in [0.25, 0.3) is 11.3 Å². The van der Waals surface area contributed by atoms with Crippen molar-refractivity contribution in [3.63, 3.8) is 0 Å². The van der Waals surface area contributed by atoms with Crippen LogP contribution in [0.5, 0.6) is 0 Å². The number of sulfonamides is 1. The molecule has 0 fully saturated rings. The maximum Gasteiger partial charge on any atom is 0.238 e. The quantitative estimate of drug-likeness (QED) is 0.682. The largest absolute Gasteiger partial charge is 0.280 e. The Morgan fingerprint density at radius 3 is 2.59 bits per heavy atom. The van der Waals surface area contributed by atoms with Gasteiger partial charge in [0.1, 0.15) is 5.69 Å². The van der Waals surface area contributed by atoms with Gasteiger partial charge in [0, 0.05) is 23.0 Å². The second-order valence-electron chi connectivity index (χ2n) is 6.52. The van der Waals surface area contributed by atoms with E-state index in [1.54, 1.807) is 18.3 Å². The maximum absolute atomic E-state index is 11.5. The minimum atomic E-state index is -3.77. The first kappa shape index (κ1) is 18.8. The molecular formula is C20H20N4O2S. The Morgan fingerprint density at radius 1 is 1.15 bits per heavy atom. The van der Waals surface area contributed by atoms with Gasteiger partial charge in [0.05, 0.1) is 16.2 Å². The number of H-pyrrole nitrogens is 1. The number of primary sulfonamides is 1. The van der Waals surface area contributed by atoms with Crippen LogP contribution in [0, 0.1) is 18.8 Å². The maximum atomic E-state index is 11.5. The summed E-state index contributed by atoms with van der Waals surface area (Å²) in [4.78, 5) is 4.26. The van der Waals surface area contributed by atoms with Gasteiger partial charge in [0.15, 0.2) is 0 Å². The lowest BCUT2D eigenvalue weighted by Crippen LogP contribution is -2.11. The number of nitrogens with two attached hydrogens (primary N) is 1. The predicted octanol–water partition coefficient (Wildman–Crippen LogP) is 2.95. The van der Waals surface area contributed by atoms with Gasteiger partial charge in [0.25, 0.3) is 0 Å². The third-order valence-electron chi connectivity index (χ3n) is 4.04.